The molecule has 3 rings (SSSR count). The predicted molar refractivity (Wildman–Crippen MR) is 123 cm³/mol. The van der Waals surface area contributed by atoms with E-state index < -0.39 is 0 Å². The van der Waals surface area contributed by atoms with Crippen LogP contribution in [-0.2, 0) is 11.3 Å². The third-order valence-corrected chi connectivity index (χ3v) is 4.85. The smallest absolute Gasteiger partial charge is 0.279 e. The van der Waals surface area contributed by atoms with Crippen LogP contribution < -0.4 is 20.3 Å². The first-order valence-electron chi connectivity index (χ1n) is 10.2. The Labute approximate surface area is 182 Å². The highest BCUT2D eigenvalue weighted by atomic mass is 16.5. The van der Waals surface area contributed by atoms with Gasteiger partial charge in [-0.25, -0.2) is 0 Å². The lowest BCUT2D eigenvalue weighted by atomic mass is 10.1. The average molecular weight is 419 g/mol. The summed E-state index contributed by atoms with van der Waals surface area (Å²) in [5, 5.41) is 5.77. The van der Waals surface area contributed by atoms with E-state index in [1.54, 1.807) is 31.4 Å². The highest BCUT2D eigenvalue weighted by Gasteiger charge is 2.16. The summed E-state index contributed by atoms with van der Waals surface area (Å²) in [6, 6.07) is 22.4. The first kappa shape index (κ1) is 22.1. The highest BCUT2D eigenvalue weighted by molar-refractivity contribution is 6.10. The summed E-state index contributed by atoms with van der Waals surface area (Å²) in [4.78, 5) is 26.4. The maximum absolute atomic E-state index is 12.8. The SMILES string of the molecule is COc1ccc(C[NH+](C)CC(=O)Nc2ccccc2C(=O)Nc2cccc(C)c2)cc1. The van der Waals surface area contributed by atoms with Gasteiger partial charge in [0.1, 0.15) is 12.3 Å². The van der Waals surface area contributed by atoms with Gasteiger partial charge in [-0.1, -0.05) is 24.3 Å². The second kappa shape index (κ2) is 10.4. The van der Waals surface area contributed by atoms with Crippen molar-refractivity contribution in [2.45, 2.75) is 13.5 Å². The lowest BCUT2D eigenvalue weighted by Crippen LogP contribution is -3.08. The standard InChI is InChI=1S/C25H27N3O3/c1-18-7-6-8-20(15-18)26-25(30)22-9-4-5-10-23(22)27-24(29)17-28(2)16-19-11-13-21(31-3)14-12-19/h4-15H,16-17H2,1-3H3,(H,26,30)(H,27,29)/p+1. The first-order valence-corrected chi connectivity index (χ1v) is 10.2. The molecule has 0 aliphatic heterocycles. The van der Waals surface area contributed by atoms with Crippen molar-refractivity contribution in [1.29, 1.82) is 0 Å². The Morgan fingerprint density at radius 3 is 2.39 bits per heavy atom. The summed E-state index contributed by atoms with van der Waals surface area (Å²) in [6.07, 6.45) is 0. The molecule has 6 nitrogen and oxygen atoms in total. The maximum Gasteiger partial charge on any atom is 0.279 e. The van der Waals surface area contributed by atoms with Crippen molar-refractivity contribution in [3.8, 4) is 5.75 Å². The van der Waals surface area contributed by atoms with Crippen molar-refractivity contribution in [2.75, 3.05) is 31.3 Å². The number of methoxy groups -OCH3 is 1. The largest absolute Gasteiger partial charge is 0.497 e. The molecule has 0 spiro atoms. The van der Waals surface area contributed by atoms with Crippen LogP contribution in [0.3, 0.4) is 0 Å². The number of hydrogen-bond donors (Lipinski definition) is 3. The van der Waals surface area contributed by atoms with Gasteiger partial charge in [0.2, 0.25) is 0 Å². The molecule has 0 bridgehead atoms. The second-order valence-electron chi connectivity index (χ2n) is 7.58. The van der Waals surface area contributed by atoms with E-state index in [2.05, 4.69) is 10.6 Å². The number of nitrogens with one attached hydrogen (secondary N) is 3. The zero-order valence-corrected chi connectivity index (χ0v) is 18.1. The summed E-state index contributed by atoms with van der Waals surface area (Å²) in [6.45, 7) is 2.95. The molecule has 31 heavy (non-hydrogen) atoms. The van der Waals surface area contributed by atoms with E-state index in [1.807, 2.05) is 62.5 Å². The van der Waals surface area contributed by atoms with E-state index in [0.29, 0.717) is 17.8 Å². The van der Waals surface area contributed by atoms with Crippen molar-refractivity contribution in [3.63, 3.8) is 0 Å². The van der Waals surface area contributed by atoms with Crippen LogP contribution in [0.2, 0.25) is 0 Å². The monoisotopic (exact) mass is 418 g/mol. The summed E-state index contributed by atoms with van der Waals surface area (Å²) in [7, 11) is 3.59. The van der Waals surface area contributed by atoms with E-state index in [1.165, 1.54) is 0 Å². The van der Waals surface area contributed by atoms with Crippen molar-refractivity contribution in [1.82, 2.24) is 0 Å². The van der Waals surface area contributed by atoms with Crippen LogP contribution in [0.1, 0.15) is 21.5 Å². The van der Waals surface area contributed by atoms with Crippen LogP contribution in [0.15, 0.2) is 72.8 Å². The molecule has 0 radical (unpaired) electrons. The number of anilines is 2. The molecule has 0 aromatic heterocycles. The van der Waals surface area contributed by atoms with E-state index in [9.17, 15) is 9.59 Å². The normalized spacial score (nSPS) is 11.5. The minimum atomic E-state index is -0.263. The number of carbonyl (C=O) groups is 2. The summed E-state index contributed by atoms with van der Waals surface area (Å²) in [5.74, 6) is 0.391. The quantitative estimate of drug-likeness (QED) is 0.527. The van der Waals surface area contributed by atoms with Crippen molar-refractivity contribution in [3.05, 3.63) is 89.5 Å². The van der Waals surface area contributed by atoms with Crippen LogP contribution >= 0.6 is 0 Å². The molecule has 3 aromatic rings. The molecule has 160 valence electrons. The summed E-state index contributed by atoms with van der Waals surface area (Å²) >= 11 is 0. The second-order valence-corrected chi connectivity index (χ2v) is 7.58. The zero-order valence-electron chi connectivity index (χ0n) is 18.1. The Bertz CT molecular complexity index is 1050. The molecule has 6 heteroatoms. The molecule has 3 aromatic carbocycles. The Balaban J connectivity index is 1.61. The molecule has 1 atom stereocenters. The Morgan fingerprint density at radius 1 is 0.935 bits per heavy atom. The van der Waals surface area contributed by atoms with Gasteiger partial charge in [-0.05, 0) is 61.0 Å². The lowest BCUT2D eigenvalue weighted by molar-refractivity contribution is -0.885. The number of likely N-dealkylation sites (N-methyl/N-ethyl adjacent to an activating group) is 1. The Morgan fingerprint density at radius 2 is 1.68 bits per heavy atom. The van der Waals surface area contributed by atoms with Gasteiger partial charge in [0.25, 0.3) is 11.8 Å². The van der Waals surface area contributed by atoms with E-state index in [4.69, 9.17) is 4.74 Å². The molecular formula is C25H28N3O3+. The fourth-order valence-corrected chi connectivity index (χ4v) is 3.33. The van der Waals surface area contributed by atoms with Gasteiger partial charge >= 0.3 is 0 Å². The molecule has 0 fully saturated rings. The fraction of sp³-hybridized carbons (Fsp3) is 0.200. The molecule has 3 N–H and O–H groups in total. The molecule has 0 heterocycles. The number of quaternary nitrogens is 1. The topological polar surface area (TPSA) is 71.9 Å². The van der Waals surface area contributed by atoms with Crippen molar-refractivity contribution in [2.24, 2.45) is 0 Å². The van der Waals surface area contributed by atoms with E-state index in [-0.39, 0.29) is 18.4 Å². The van der Waals surface area contributed by atoms with Gasteiger partial charge in [-0.3, -0.25) is 9.59 Å². The van der Waals surface area contributed by atoms with E-state index >= 15 is 0 Å². The Hall–Kier alpha value is -3.64. The molecular weight excluding hydrogens is 390 g/mol. The molecule has 1 unspecified atom stereocenters. The minimum absolute atomic E-state index is 0.151. The lowest BCUT2D eigenvalue weighted by Gasteiger charge is -2.15. The maximum atomic E-state index is 12.8. The highest BCUT2D eigenvalue weighted by Crippen LogP contribution is 2.18. The van der Waals surface area contributed by atoms with Gasteiger partial charge in [-0.15, -0.1) is 0 Å². The van der Waals surface area contributed by atoms with Crippen molar-refractivity contribution < 1.29 is 19.2 Å². The van der Waals surface area contributed by atoms with Gasteiger partial charge in [0.05, 0.1) is 25.4 Å². The number of para-hydroxylation sites is 1. The third kappa shape index (κ3) is 6.42. The van der Waals surface area contributed by atoms with Gasteiger partial charge in [-0.2, -0.15) is 0 Å². The number of amides is 2. The molecule has 0 aliphatic carbocycles. The Kier molecular flexibility index (Phi) is 7.40. The third-order valence-electron chi connectivity index (χ3n) is 4.85. The summed E-state index contributed by atoms with van der Waals surface area (Å²) in [5.41, 5.74) is 3.81. The zero-order chi connectivity index (χ0) is 22.2. The minimum Gasteiger partial charge on any atom is -0.497 e. The van der Waals surface area contributed by atoms with Gasteiger partial charge < -0.3 is 20.3 Å². The number of carbonyl (C=O) groups excluding carboxylic acids is 2. The van der Waals surface area contributed by atoms with Crippen molar-refractivity contribution >= 4 is 23.2 Å². The average Bonchev–Trinajstić information content (AvgIpc) is 2.74. The van der Waals surface area contributed by atoms with Crippen LogP contribution in [0.25, 0.3) is 0 Å². The number of aryl methyl sites for hydroxylation is 1. The number of rotatable bonds is 8. The first-order chi connectivity index (χ1) is 14.9. The number of benzene rings is 3. The van der Waals surface area contributed by atoms with Crippen LogP contribution in [-0.4, -0.2) is 32.5 Å². The van der Waals surface area contributed by atoms with Gasteiger partial charge in [0.15, 0.2) is 6.54 Å². The van der Waals surface area contributed by atoms with Crippen LogP contribution in [0, 0.1) is 6.92 Å². The number of ether oxygens (including phenoxy) is 1. The molecule has 0 saturated carbocycles. The van der Waals surface area contributed by atoms with Crippen LogP contribution in [0.4, 0.5) is 11.4 Å². The molecule has 0 saturated heterocycles. The van der Waals surface area contributed by atoms with Crippen LogP contribution in [0.5, 0.6) is 5.75 Å². The summed E-state index contributed by atoms with van der Waals surface area (Å²) < 4.78 is 5.18. The van der Waals surface area contributed by atoms with Gasteiger partial charge in [0, 0.05) is 11.3 Å². The molecule has 0 aliphatic rings. The molecule has 2 amide bonds. The number of hydrogen-bond acceptors (Lipinski definition) is 3. The predicted octanol–water partition coefficient (Wildman–Crippen LogP) is 2.91. The van der Waals surface area contributed by atoms with E-state index in [0.717, 1.165) is 27.5 Å². The fourth-order valence-electron chi connectivity index (χ4n) is 3.33.